The van der Waals surface area contributed by atoms with E-state index in [4.69, 9.17) is 9.52 Å². The van der Waals surface area contributed by atoms with Crippen LogP contribution in [0.15, 0.2) is 21.6 Å². The van der Waals surface area contributed by atoms with Gasteiger partial charge in [0.2, 0.25) is 5.09 Å². The molecule has 0 fully saturated rings. The Bertz CT molecular complexity index is 427. The minimum absolute atomic E-state index is 0.148. The lowest BCUT2D eigenvalue weighted by molar-refractivity contribution is 0.236. The predicted molar refractivity (Wildman–Crippen MR) is 67.4 cm³/mol. The van der Waals surface area contributed by atoms with Gasteiger partial charge in [0.1, 0.15) is 12.4 Å². The molecule has 1 aromatic heterocycles. The van der Waals surface area contributed by atoms with Gasteiger partial charge in [-0.25, -0.2) is 13.1 Å². The van der Waals surface area contributed by atoms with Crippen molar-refractivity contribution in [3.63, 3.8) is 0 Å². The van der Waals surface area contributed by atoms with Gasteiger partial charge in [0, 0.05) is 6.54 Å². The highest BCUT2D eigenvalue weighted by atomic mass is 32.2. The molecule has 7 heteroatoms. The van der Waals surface area contributed by atoms with Crippen molar-refractivity contribution in [2.45, 2.75) is 25.0 Å². The average Bonchev–Trinajstić information content (AvgIpc) is 2.78. The lowest BCUT2D eigenvalue weighted by atomic mass is 10.5. The minimum atomic E-state index is -3.57. The van der Waals surface area contributed by atoms with Gasteiger partial charge in [0.15, 0.2) is 0 Å². The van der Waals surface area contributed by atoms with Crippen molar-refractivity contribution in [3.8, 4) is 0 Å². The first-order valence-electron chi connectivity index (χ1n) is 5.37. The lowest BCUT2D eigenvalue weighted by Crippen LogP contribution is -2.24. The van der Waals surface area contributed by atoms with Gasteiger partial charge in [-0.2, -0.15) is 11.8 Å². The van der Waals surface area contributed by atoms with Crippen LogP contribution < -0.4 is 4.72 Å². The maximum Gasteiger partial charge on any atom is 0.273 e. The van der Waals surface area contributed by atoms with Crippen LogP contribution in [-0.4, -0.2) is 31.6 Å². The summed E-state index contributed by atoms with van der Waals surface area (Å²) >= 11 is 1.77. The summed E-state index contributed by atoms with van der Waals surface area (Å²) in [7, 11) is -3.57. The monoisotopic (exact) mass is 279 g/mol. The van der Waals surface area contributed by atoms with E-state index in [1.807, 2.05) is 0 Å². The van der Waals surface area contributed by atoms with Crippen LogP contribution in [0.3, 0.4) is 0 Å². The van der Waals surface area contributed by atoms with Crippen molar-refractivity contribution in [2.75, 3.05) is 18.1 Å². The van der Waals surface area contributed by atoms with Crippen LogP contribution in [0.2, 0.25) is 0 Å². The molecule has 0 aliphatic heterocycles. The second-order valence-electron chi connectivity index (χ2n) is 3.33. The van der Waals surface area contributed by atoms with Crippen molar-refractivity contribution < 1.29 is 17.9 Å². The molecule has 0 amide bonds. The number of hydrogen-bond acceptors (Lipinski definition) is 5. The van der Waals surface area contributed by atoms with Crippen molar-refractivity contribution in [1.29, 1.82) is 0 Å². The minimum Gasteiger partial charge on any atom is -0.446 e. The molecule has 1 heterocycles. The van der Waals surface area contributed by atoms with Gasteiger partial charge in [0.25, 0.3) is 10.0 Å². The van der Waals surface area contributed by atoms with E-state index in [-0.39, 0.29) is 17.5 Å². The Balaban J connectivity index is 2.45. The fourth-order valence-corrected chi connectivity index (χ4v) is 2.84. The number of rotatable bonds is 8. The summed E-state index contributed by atoms with van der Waals surface area (Å²) < 4.78 is 30.8. The predicted octanol–water partition coefficient (Wildman–Crippen LogP) is 1.19. The molecule has 0 saturated carbocycles. The Morgan fingerprint density at radius 3 is 2.82 bits per heavy atom. The normalized spacial score (nSPS) is 11.9. The molecule has 0 aliphatic carbocycles. The second kappa shape index (κ2) is 7.05. The first-order valence-corrected chi connectivity index (χ1v) is 8.01. The average molecular weight is 279 g/mol. The van der Waals surface area contributed by atoms with E-state index in [0.29, 0.717) is 6.54 Å². The van der Waals surface area contributed by atoms with Crippen LogP contribution in [0.25, 0.3) is 0 Å². The standard InChI is InChI=1S/C10H17NO4S2/c1-2-16-7-3-6-11-17(13,14)10-5-4-9(8-12)15-10/h4-5,11-12H,2-3,6-8H2,1H3. The Morgan fingerprint density at radius 1 is 1.47 bits per heavy atom. The number of furan rings is 1. The van der Waals surface area contributed by atoms with Gasteiger partial charge < -0.3 is 9.52 Å². The summed E-state index contributed by atoms with van der Waals surface area (Å²) in [6.45, 7) is 2.15. The number of thioether (sulfide) groups is 1. The molecule has 0 radical (unpaired) electrons. The molecule has 5 nitrogen and oxygen atoms in total. The molecule has 2 N–H and O–H groups in total. The number of hydrogen-bond donors (Lipinski definition) is 2. The summed E-state index contributed by atoms with van der Waals surface area (Å²) in [5.74, 6) is 2.20. The SMILES string of the molecule is CCSCCCNS(=O)(=O)c1ccc(CO)o1. The molecule has 17 heavy (non-hydrogen) atoms. The van der Waals surface area contributed by atoms with Gasteiger partial charge in [-0.05, 0) is 30.1 Å². The summed E-state index contributed by atoms with van der Waals surface area (Å²) in [4.78, 5) is 0. The zero-order valence-electron chi connectivity index (χ0n) is 9.68. The van der Waals surface area contributed by atoms with Crippen LogP contribution in [-0.2, 0) is 16.6 Å². The number of aliphatic hydroxyl groups excluding tert-OH is 1. The third-order valence-corrected chi connectivity index (χ3v) is 4.34. The zero-order chi connectivity index (χ0) is 12.7. The third kappa shape index (κ3) is 4.71. The van der Waals surface area contributed by atoms with E-state index >= 15 is 0 Å². The summed E-state index contributed by atoms with van der Waals surface area (Å²) in [5.41, 5.74) is 0. The summed E-state index contributed by atoms with van der Waals surface area (Å²) in [5, 5.41) is 8.63. The molecule has 1 aromatic rings. The van der Waals surface area contributed by atoms with E-state index in [1.165, 1.54) is 12.1 Å². The zero-order valence-corrected chi connectivity index (χ0v) is 11.3. The molecular formula is C10H17NO4S2. The fraction of sp³-hybridized carbons (Fsp3) is 0.600. The van der Waals surface area contributed by atoms with Crippen LogP contribution in [0.1, 0.15) is 19.1 Å². The quantitative estimate of drug-likeness (QED) is 0.699. The molecule has 0 aromatic carbocycles. The van der Waals surface area contributed by atoms with Crippen LogP contribution in [0.5, 0.6) is 0 Å². The molecule has 0 spiro atoms. The first-order chi connectivity index (χ1) is 8.10. The molecule has 0 bridgehead atoms. The Kier molecular flexibility index (Phi) is 6.04. The third-order valence-electron chi connectivity index (χ3n) is 2.02. The maximum absolute atomic E-state index is 11.7. The second-order valence-corrected chi connectivity index (χ2v) is 6.42. The topological polar surface area (TPSA) is 79.5 Å². The van der Waals surface area contributed by atoms with E-state index in [9.17, 15) is 8.42 Å². The molecule has 0 unspecified atom stereocenters. The Hall–Kier alpha value is -0.500. The first kappa shape index (κ1) is 14.6. The Labute approximate surface area is 106 Å². The van der Waals surface area contributed by atoms with Crippen molar-refractivity contribution in [3.05, 3.63) is 17.9 Å². The largest absolute Gasteiger partial charge is 0.446 e. The van der Waals surface area contributed by atoms with Crippen LogP contribution >= 0.6 is 11.8 Å². The number of sulfonamides is 1. The molecule has 0 atom stereocenters. The highest BCUT2D eigenvalue weighted by Crippen LogP contribution is 2.13. The molecular weight excluding hydrogens is 262 g/mol. The highest BCUT2D eigenvalue weighted by Gasteiger charge is 2.17. The van der Waals surface area contributed by atoms with E-state index in [0.717, 1.165) is 17.9 Å². The van der Waals surface area contributed by atoms with Gasteiger partial charge in [-0.1, -0.05) is 6.92 Å². The molecule has 0 saturated heterocycles. The van der Waals surface area contributed by atoms with E-state index < -0.39 is 10.0 Å². The lowest BCUT2D eigenvalue weighted by Gasteiger charge is -2.03. The fourth-order valence-electron chi connectivity index (χ4n) is 1.18. The molecule has 98 valence electrons. The molecule has 0 aliphatic rings. The number of aliphatic hydroxyl groups is 1. The number of nitrogens with one attached hydrogen (secondary N) is 1. The molecule has 1 rings (SSSR count). The van der Waals surface area contributed by atoms with E-state index in [2.05, 4.69) is 11.6 Å². The van der Waals surface area contributed by atoms with Crippen molar-refractivity contribution in [2.24, 2.45) is 0 Å². The van der Waals surface area contributed by atoms with Gasteiger partial charge >= 0.3 is 0 Å². The summed E-state index contributed by atoms with van der Waals surface area (Å²) in [6.07, 6.45) is 0.783. The highest BCUT2D eigenvalue weighted by molar-refractivity contribution is 7.99. The Morgan fingerprint density at radius 2 is 2.24 bits per heavy atom. The smallest absolute Gasteiger partial charge is 0.273 e. The van der Waals surface area contributed by atoms with Gasteiger partial charge in [-0.3, -0.25) is 0 Å². The van der Waals surface area contributed by atoms with Crippen molar-refractivity contribution in [1.82, 2.24) is 4.72 Å². The summed E-state index contributed by atoms with van der Waals surface area (Å²) in [6, 6.07) is 2.79. The van der Waals surface area contributed by atoms with Crippen LogP contribution in [0.4, 0.5) is 0 Å². The van der Waals surface area contributed by atoms with Crippen LogP contribution in [0, 0.1) is 0 Å². The van der Waals surface area contributed by atoms with E-state index in [1.54, 1.807) is 11.8 Å². The van der Waals surface area contributed by atoms with Gasteiger partial charge in [0.05, 0.1) is 0 Å². The van der Waals surface area contributed by atoms with Crippen molar-refractivity contribution >= 4 is 21.8 Å². The van der Waals surface area contributed by atoms with Gasteiger partial charge in [-0.15, -0.1) is 0 Å². The maximum atomic E-state index is 11.7.